The molecule has 2 amide bonds. The second kappa shape index (κ2) is 9.63. The van der Waals surface area contributed by atoms with Gasteiger partial charge in [0.2, 0.25) is 0 Å². The molecule has 0 spiro atoms. The van der Waals surface area contributed by atoms with Gasteiger partial charge in [0.1, 0.15) is 17.3 Å². The number of nitrogens with one attached hydrogen (secondary N) is 2. The molecule has 0 aliphatic carbocycles. The first-order valence-electron chi connectivity index (χ1n) is 7.97. The summed E-state index contributed by atoms with van der Waals surface area (Å²) in [6.07, 6.45) is 3.25. The van der Waals surface area contributed by atoms with Crippen LogP contribution in [0.25, 0.3) is 0 Å². The predicted octanol–water partition coefficient (Wildman–Crippen LogP) is 2.41. The molecular weight excluding hydrogens is 375 g/mol. The number of benzene rings is 1. The predicted molar refractivity (Wildman–Crippen MR) is 97.9 cm³/mol. The standard InChI is InChI=1S/C18H18ClFN4O3/c1-11(5-6-22-18(26)16-9-21-8-12(2)23-16)24-17(25)10-27-13-3-4-14(19)15(20)7-13/h3-4,7-9H,1,5-6,10H2,2H3,(H,22,26)(H,24,25). The summed E-state index contributed by atoms with van der Waals surface area (Å²) in [5.74, 6) is -1.26. The van der Waals surface area contributed by atoms with Gasteiger partial charge in [0.25, 0.3) is 11.8 Å². The van der Waals surface area contributed by atoms with Crippen molar-refractivity contribution < 1.29 is 18.7 Å². The van der Waals surface area contributed by atoms with E-state index >= 15 is 0 Å². The molecule has 7 nitrogen and oxygen atoms in total. The molecule has 0 bridgehead atoms. The summed E-state index contributed by atoms with van der Waals surface area (Å²) in [6.45, 7) is 5.40. The molecule has 0 saturated carbocycles. The van der Waals surface area contributed by atoms with Gasteiger partial charge in [-0.15, -0.1) is 0 Å². The van der Waals surface area contributed by atoms with Gasteiger partial charge < -0.3 is 15.4 Å². The van der Waals surface area contributed by atoms with E-state index in [-0.39, 0.29) is 35.5 Å². The van der Waals surface area contributed by atoms with Gasteiger partial charge in [-0.2, -0.15) is 0 Å². The topological polar surface area (TPSA) is 93.2 Å². The molecular formula is C18H18ClFN4O3. The first-order valence-corrected chi connectivity index (χ1v) is 8.35. The van der Waals surface area contributed by atoms with Crippen LogP contribution in [-0.4, -0.2) is 34.9 Å². The maximum absolute atomic E-state index is 13.3. The molecule has 9 heteroatoms. The van der Waals surface area contributed by atoms with Crippen LogP contribution in [0.15, 0.2) is 42.9 Å². The Kier molecular flexibility index (Phi) is 7.25. The lowest BCUT2D eigenvalue weighted by molar-refractivity contribution is -0.122. The van der Waals surface area contributed by atoms with Gasteiger partial charge >= 0.3 is 0 Å². The average molecular weight is 393 g/mol. The molecule has 0 unspecified atom stereocenters. The summed E-state index contributed by atoms with van der Waals surface area (Å²) >= 11 is 5.57. The minimum Gasteiger partial charge on any atom is -0.484 e. The lowest BCUT2D eigenvalue weighted by Gasteiger charge is -2.10. The number of aromatic nitrogens is 2. The number of amides is 2. The highest BCUT2D eigenvalue weighted by atomic mass is 35.5. The SMILES string of the molecule is C=C(CCNC(=O)c1cncc(C)n1)NC(=O)COc1ccc(Cl)c(F)c1. The zero-order valence-corrected chi connectivity index (χ0v) is 15.3. The van der Waals surface area contributed by atoms with Gasteiger partial charge in [-0.3, -0.25) is 14.6 Å². The van der Waals surface area contributed by atoms with Crippen LogP contribution < -0.4 is 15.4 Å². The molecule has 0 radical (unpaired) electrons. The highest BCUT2D eigenvalue weighted by Crippen LogP contribution is 2.20. The van der Waals surface area contributed by atoms with Crippen molar-refractivity contribution in [2.24, 2.45) is 0 Å². The van der Waals surface area contributed by atoms with Crippen LogP contribution in [0.2, 0.25) is 5.02 Å². The summed E-state index contributed by atoms with van der Waals surface area (Å²) in [4.78, 5) is 31.7. The smallest absolute Gasteiger partial charge is 0.271 e. The summed E-state index contributed by atoms with van der Waals surface area (Å²) in [7, 11) is 0. The fraction of sp³-hybridized carbons (Fsp3) is 0.222. The molecule has 142 valence electrons. The molecule has 0 atom stereocenters. The Bertz CT molecular complexity index is 860. The molecule has 2 rings (SSSR count). The Hall–Kier alpha value is -3.00. The van der Waals surface area contributed by atoms with E-state index in [0.717, 1.165) is 6.07 Å². The number of carbonyl (C=O) groups excluding carboxylic acids is 2. The minimum absolute atomic E-state index is 0.0288. The number of carbonyl (C=O) groups is 2. The average Bonchev–Trinajstić information content (AvgIpc) is 2.62. The van der Waals surface area contributed by atoms with Crippen molar-refractivity contribution in [3.8, 4) is 5.75 Å². The Labute approximate surface area is 160 Å². The number of nitrogens with zero attached hydrogens (tertiary/aromatic N) is 2. The summed E-state index contributed by atoms with van der Waals surface area (Å²) < 4.78 is 18.5. The van der Waals surface area contributed by atoms with Crippen molar-refractivity contribution in [2.45, 2.75) is 13.3 Å². The molecule has 1 aromatic heterocycles. The number of halogens is 2. The zero-order chi connectivity index (χ0) is 19.8. The van der Waals surface area contributed by atoms with Crippen LogP contribution in [0.4, 0.5) is 4.39 Å². The van der Waals surface area contributed by atoms with E-state index in [4.69, 9.17) is 16.3 Å². The first kappa shape index (κ1) is 20.3. The molecule has 1 heterocycles. The van der Waals surface area contributed by atoms with Crippen LogP contribution in [0.3, 0.4) is 0 Å². The number of hydrogen-bond donors (Lipinski definition) is 2. The third-order valence-electron chi connectivity index (χ3n) is 3.28. The first-order chi connectivity index (χ1) is 12.8. The van der Waals surface area contributed by atoms with Crippen molar-refractivity contribution in [1.29, 1.82) is 0 Å². The summed E-state index contributed by atoms with van der Waals surface area (Å²) in [5.41, 5.74) is 1.26. The van der Waals surface area contributed by atoms with E-state index in [1.807, 2.05) is 0 Å². The fourth-order valence-corrected chi connectivity index (χ4v) is 2.12. The fourth-order valence-electron chi connectivity index (χ4n) is 2.00. The lowest BCUT2D eigenvalue weighted by Crippen LogP contribution is -2.31. The second-order valence-electron chi connectivity index (χ2n) is 5.57. The van der Waals surface area contributed by atoms with Crippen LogP contribution >= 0.6 is 11.6 Å². The maximum Gasteiger partial charge on any atom is 0.271 e. The molecule has 2 N–H and O–H groups in total. The van der Waals surface area contributed by atoms with Gasteiger partial charge in [0, 0.05) is 30.9 Å². The van der Waals surface area contributed by atoms with E-state index in [2.05, 4.69) is 27.2 Å². The highest BCUT2D eigenvalue weighted by molar-refractivity contribution is 6.30. The molecule has 27 heavy (non-hydrogen) atoms. The monoisotopic (exact) mass is 392 g/mol. The van der Waals surface area contributed by atoms with Crippen LogP contribution in [0, 0.1) is 12.7 Å². The van der Waals surface area contributed by atoms with E-state index in [0.29, 0.717) is 17.8 Å². The van der Waals surface area contributed by atoms with E-state index in [1.165, 1.54) is 18.3 Å². The largest absolute Gasteiger partial charge is 0.484 e. The Balaban J connectivity index is 1.69. The third kappa shape index (κ3) is 6.67. The van der Waals surface area contributed by atoms with E-state index in [9.17, 15) is 14.0 Å². The van der Waals surface area contributed by atoms with Crippen molar-refractivity contribution in [2.75, 3.05) is 13.2 Å². The maximum atomic E-state index is 13.3. The molecule has 2 aromatic rings. The lowest BCUT2D eigenvalue weighted by atomic mass is 10.3. The highest BCUT2D eigenvalue weighted by Gasteiger charge is 2.09. The van der Waals surface area contributed by atoms with Crippen LogP contribution in [0.1, 0.15) is 22.6 Å². The summed E-state index contributed by atoms with van der Waals surface area (Å²) in [5, 5.41) is 5.17. The van der Waals surface area contributed by atoms with E-state index in [1.54, 1.807) is 13.1 Å². The van der Waals surface area contributed by atoms with Crippen molar-refractivity contribution >= 4 is 23.4 Å². The summed E-state index contributed by atoms with van der Waals surface area (Å²) in [6, 6.07) is 3.88. The Morgan fingerprint density at radius 2 is 2.11 bits per heavy atom. The Morgan fingerprint density at radius 3 is 2.81 bits per heavy atom. The number of rotatable bonds is 8. The number of hydrogen-bond acceptors (Lipinski definition) is 5. The van der Waals surface area contributed by atoms with Gasteiger partial charge in [0.15, 0.2) is 6.61 Å². The quantitative estimate of drug-likeness (QED) is 0.719. The normalized spacial score (nSPS) is 10.2. The van der Waals surface area contributed by atoms with E-state index < -0.39 is 11.7 Å². The number of ether oxygens (including phenoxy) is 1. The number of aryl methyl sites for hydroxylation is 1. The van der Waals surface area contributed by atoms with Crippen LogP contribution in [0.5, 0.6) is 5.75 Å². The van der Waals surface area contributed by atoms with Crippen molar-refractivity contribution in [3.63, 3.8) is 0 Å². The van der Waals surface area contributed by atoms with Gasteiger partial charge in [-0.25, -0.2) is 9.37 Å². The molecule has 0 aliphatic heterocycles. The van der Waals surface area contributed by atoms with Crippen LogP contribution in [-0.2, 0) is 4.79 Å². The van der Waals surface area contributed by atoms with Crippen molar-refractivity contribution in [1.82, 2.24) is 20.6 Å². The van der Waals surface area contributed by atoms with Gasteiger partial charge in [-0.05, 0) is 19.1 Å². The van der Waals surface area contributed by atoms with Gasteiger partial charge in [-0.1, -0.05) is 18.2 Å². The zero-order valence-electron chi connectivity index (χ0n) is 14.6. The second-order valence-corrected chi connectivity index (χ2v) is 5.98. The molecule has 0 saturated heterocycles. The molecule has 0 fully saturated rings. The molecule has 1 aromatic carbocycles. The van der Waals surface area contributed by atoms with Gasteiger partial charge in [0.05, 0.1) is 16.9 Å². The third-order valence-corrected chi connectivity index (χ3v) is 3.58. The Morgan fingerprint density at radius 1 is 1.33 bits per heavy atom. The molecule has 0 aliphatic rings. The van der Waals surface area contributed by atoms with Crippen molar-refractivity contribution in [3.05, 3.63) is 65.1 Å². The minimum atomic E-state index is -0.631.